The molecule has 0 atom stereocenters. The molecule has 0 heterocycles. The number of anilines is 1. The van der Waals surface area contributed by atoms with E-state index in [0.29, 0.717) is 13.1 Å². The Labute approximate surface area is 150 Å². The Morgan fingerprint density at radius 2 is 1.88 bits per heavy atom. The fraction of sp³-hybridized carbons (Fsp3) is 0.350. The highest BCUT2D eigenvalue weighted by atomic mass is 16.5. The van der Waals surface area contributed by atoms with Crippen LogP contribution in [0.2, 0.25) is 0 Å². The molecule has 0 aromatic heterocycles. The van der Waals surface area contributed by atoms with Gasteiger partial charge < -0.3 is 20.3 Å². The number of nitrogens with one attached hydrogen (secondary N) is 2. The van der Waals surface area contributed by atoms with Crippen LogP contribution in [-0.2, 0) is 13.1 Å². The molecule has 2 rings (SSSR count). The Kier molecular flexibility index (Phi) is 7.14. The van der Waals surface area contributed by atoms with Crippen molar-refractivity contribution in [1.82, 2.24) is 10.6 Å². The number of hydrogen-bond acceptors (Lipinski definition) is 3. The van der Waals surface area contributed by atoms with Crippen LogP contribution >= 0.6 is 0 Å². The zero-order valence-corrected chi connectivity index (χ0v) is 15.5. The maximum atomic E-state index is 5.40. The lowest BCUT2D eigenvalue weighted by atomic mass is 10.2. The van der Waals surface area contributed by atoms with Gasteiger partial charge in [-0.2, -0.15) is 0 Å². The summed E-state index contributed by atoms with van der Waals surface area (Å²) in [5, 5.41) is 6.65. The van der Waals surface area contributed by atoms with Gasteiger partial charge in [0.25, 0.3) is 0 Å². The topological polar surface area (TPSA) is 48.9 Å². The Bertz CT molecular complexity index is 698. The number of hydrogen-bond donors (Lipinski definition) is 2. The fourth-order valence-electron chi connectivity index (χ4n) is 2.47. The smallest absolute Gasteiger partial charge is 0.191 e. The van der Waals surface area contributed by atoms with Gasteiger partial charge in [-0.3, -0.25) is 0 Å². The zero-order chi connectivity index (χ0) is 18.1. The van der Waals surface area contributed by atoms with Crippen molar-refractivity contribution >= 4 is 11.6 Å². The van der Waals surface area contributed by atoms with E-state index in [1.807, 2.05) is 32.3 Å². The Morgan fingerprint density at radius 3 is 2.60 bits per heavy atom. The molecule has 0 aliphatic carbocycles. The average molecular weight is 340 g/mol. The van der Waals surface area contributed by atoms with E-state index >= 15 is 0 Å². The summed E-state index contributed by atoms with van der Waals surface area (Å²) in [6, 6.07) is 16.4. The summed E-state index contributed by atoms with van der Waals surface area (Å²) >= 11 is 0. The number of rotatable bonds is 7. The van der Waals surface area contributed by atoms with Gasteiger partial charge in [-0.05, 0) is 30.7 Å². The molecule has 2 aromatic rings. The minimum absolute atomic E-state index is 0.628. The van der Waals surface area contributed by atoms with Gasteiger partial charge in [0.05, 0.1) is 13.7 Å². The number of methoxy groups -OCH3 is 1. The number of para-hydroxylation sites is 1. The van der Waals surface area contributed by atoms with E-state index in [1.54, 1.807) is 7.11 Å². The fourth-order valence-corrected chi connectivity index (χ4v) is 2.47. The van der Waals surface area contributed by atoms with Crippen LogP contribution in [0.1, 0.15) is 18.1 Å². The number of nitrogens with zero attached hydrogens (tertiary/aromatic N) is 2. The summed E-state index contributed by atoms with van der Waals surface area (Å²) in [5.41, 5.74) is 3.46. The standard InChI is InChI=1S/C20H28N4O/c1-5-21-20(23-15-17-10-6-7-12-19(17)25-4)22-14-16-9-8-11-18(13-16)24(2)3/h6-13H,5,14-15H2,1-4H3,(H2,21,22,23). The van der Waals surface area contributed by atoms with E-state index in [0.717, 1.165) is 23.8 Å². The molecular weight excluding hydrogens is 312 g/mol. The molecule has 0 bridgehead atoms. The van der Waals surface area contributed by atoms with E-state index in [4.69, 9.17) is 4.74 Å². The predicted molar refractivity (Wildman–Crippen MR) is 105 cm³/mol. The normalized spacial score (nSPS) is 11.1. The molecule has 0 saturated carbocycles. The maximum Gasteiger partial charge on any atom is 0.191 e. The summed E-state index contributed by atoms with van der Waals surface area (Å²) in [5.74, 6) is 1.67. The largest absolute Gasteiger partial charge is 0.496 e. The van der Waals surface area contributed by atoms with Crippen LogP contribution in [0.3, 0.4) is 0 Å². The summed E-state index contributed by atoms with van der Waals surface area (Å²) < 4.78 is 5.40. The van der Waals surface area contributed by atoms with Crippen LogP contribution in [0, 0.1) is 0 Å². The third-order valence-electron chi connectivity index (χ3n) is 3.83. The molecule has 0 aliphatic heterocycles. The Balaban J connectivity index is 2.04. The van der Waals surface area contributed by atoms with Gasteiger partial charge in [-0.25, -0.2) is 4.99 Å². The first-order chi connectivity index (χ1) is 12.1. The first-order valence-electron chi connectivity index (χ1n) is 8.54. The van der Waals surface area contributed by atoms with Gasteiger partial charge in [0, 0.05) is 38.4 Å². The van der Waals surface area contributed by atoms with E-state index in [2.05, 4.69) is 57.8 Å². The van der Waals surface area contributed by atoms with Gasteiger partial charge in [-0.1, -0.05) is 30.3 Å². The summed E-state index contributed by atoms with van der Waals surface area (Å²) in [6.45, 7) is 4.17. The second-order valence-corrected chi connectivity index (χ2v) is 5.92. The molecule has 25 heavy (non-hydrogen) atoms. The Hall–Kier alpha value is -2.69. The molecule has 0 unspecified atom stereocenters. The van der Waals surface area contributed by atoms with Crippen LogP contribution in [0.4, 0.5) is 5.69 Å². The van der Waals surface area contributed by atoms with E-state index in [1.165, 1.54) is 11.3 Å². The number of guanidine groups is 1. The number of ether oxygens (including phenoxy) is 1. The van der Waals surface area contributed by atoms with Gasteiger partial charge in [0.15, 0.2) is 5.96 Å². The Morgan fingerprint density at radius 1 is 1.08 bits per heavy atom. The lowest BCUT2D eigenvalue weighted by Crippen LogP contribution is -2.36. The van der Waals surface area contributed by atoms with E-state index < -0.39 is 0 Å². The average Bonchev–Trinajstić information content (AvgIpc) is 2.64. The van der Waals surface area contributed by atoms with Gasteiger partial charge >= 0.3 is 0 Å². The third-order valence-corrected chi connectivity index (χ3v) is 3.83. The molecule has 0 amide bonds. The van der Waals surface area contributed by atoms with Crippen LogP contribution < -0.4 is 20.3 Å². The summed E-state index contributed by atoms with van der Waals surface area (Å²) in [7, 11) is 5.78. The number of benzene rings is 2. The van der Waals surface area contributed by atoms with Crippen LogP contribution in [0.15, 0.2) is 53.5 Å². The second-order valence-electron chi connectivity index (χ2n) is 5.92. The molecule has 134 valence electrons. The van der Waals surface area contributed by atoms with Crippen molar-refractivity contribution in [3.05, 3.63) is 59.7 Å². The molecule has 0 fully saturated rings. The van der Waals surface area contributed by atoms with Crippen molar-refractivity contribution in [2.24, 2.45) is 4.99 Å². The van der Waals surface area contributed by atoms with Crippen molar-refractivity contribution < 1.29 is 4.74 Å². The van der Waals surface area contributed by atoms with Crippen molar-refractivity contribution in [1.29, 1.82) is 0 Å². The molecule has 2 N–H and O–H groups in total. The van der Waals surface area contributed by atoms with Crippen molar-refractivity contribution in [2.75, 3.05) is 32.6 Å². The highest BCUT2D eigenvalue weighted by molar-refractivity contribution is 5.79. The van der Waals surface area contributed by atoms with Gasteiger partial charge in [0.2, 0.25) is 0 Å². The number of aliphatic imine (C=N–C) groups is 1. The SMILES string of the molecule is CCNC(=NCc1cccc(N(C)C)c1)NCc1ccccc1OC. The van der Waals surface area contributed by atoms with Crippen molar-refractivity contribution in [2.45, 2.75) is 20.0 Å². The lowest BCUT2D eigenvalue weighted by Gasteiger charge is -2.14. The maximum absolute atomic E-state index is 5.40. The molecule has 0 spiro atoms. The molecular formula is C20H28N4O. The highest BCUT2D eigenvalue weighted by Gasteiger charge is 2.04. The molecule has 0 radical (unpaired) electrons. The van der Waals surface area contributed by atoms with E-state index in [-0.39, 0.29) is 0 Å². The van der Waals surface area contributed by atoms with Crippen LogP contribution in [0.25, 0.3) is 0 Å². The van der Waals surface area contributed by atoms with Crippen molar-refractivity contribution in [3.63, 3.8) is 0 Å². The third kappa shape index (κ3) is 5.71. The van der Waals surface area contributed by atoms with Crippen molar-refractivity contribution in [3.8, 4) is 5.75 Å². The first kappa shape index (κ1) is 18.6. The monoisotopic (exact) mass is 340 g/mol. The predicted octanol–water partition coefficient (Wildman–Crippen LogP) is 3.02. The first-order valence-corrected chi connectivity index (χ1v) is 8.54. The second kappa shape index (κ2) is 9.57. The van der Waals surface area contributed by atoms with Crippen LogP contribution in [0.5, 0.6) is 5.75 Å². The molecule has 0 saturated heterocycles. The minimum atomic E-state index is 0.628. The van der Waals surface area contributed by atoms with E-state index in [9.17, 15) is 0 Å². The van der Waals surface area contributed by atoms with Gasteiger partial charge in [-0.15, -0.1) is 0 Å². The molecule has 2 aromatic carbocycles. The van der Waals surface area contributed by atoms with Crippen LogP contribution in [-0.4, -0.2) is 33.7 Å². The minimum Gasteiger partial charge on any atom is -0.496 e. The summed E-state index contributed by atoms with van der Waals surface area (Å²) in [4.78, 5) is 6.79. The molecule has 5 nitrogen and oxygen atoms in total. The van der Waals surface area contributed by atoms with Gasteiger partial charge in [0.1, 0.15) is 5.75 Å². The zero-order valence-electron chi connectivity index (χ0n) is 15.5. The highest BCUT2D eigenvalue weighted by Crippen LogP contribution is 2.17. The quantitative estimate of drug-likeness (QED) is 0.601. The molecule has 5 heteroatoms. The summed E-state index contributed by atoms with van der Waals surface area (Å²) in [6.07, 6.45) is 0. The molecule has 0 aliphatic rings. The lowest BCUT2D eigenvalue weighted by molar-refractivity contribution is 0.409.